The van der Waals surface area contributed by atoms with Crippen molar-refractivity contribution in [2.45, 2.75) is 12.5 Å². The Labute approximate surface area is 125 Å². The van der Waals surface area contributed by atoms with Gasteiger partial charge in [0.2, 0.25) is 17.8 Å². The average Bonchev–Trinajstić information content (AvgIpc) is 2.95. The number of H-pyrrole nitrogens is 1. The van der Waals surface area contributed by atoms with E-state index in [0.29, 0.717) is 11.3 Å². The maximum absolute atomic E-state index is 12.1. The number of benzene rings is 1. The van der Waals surface area contributed by atoms with E-state index in [-0.39, 0.29) is 12.4 Å². The third kappa shape index (κ3) is 2.80. The van der Waals surface area contributed by atoms with Crippen molar-refractivity contribution in [3.05, 3.63) is 42.2 Å². The molecule has 0 aliphatic carbocycles. The first-order valence-corrected chi connectivity index (χ1v) is 6.63. The Morgan fingerprint density at radius 2 is 2.09 bits per heavy atom. The highest BCUT2D eigenvalue weighted by molar-refractivity contribution is 6.11. The van der Waals surface area contributed by atoms with Crippen LogP contribution in [0, 0.1) is 0 Å². The molecule has 2 heterocycles. The lowest BCUT2D eigenvalue weighted by molar-refractivity contribution is -0.122. The van der Waals surface area contributed by atoms with Crippen molar-refractivity contribution in [1.29, 1.82) is 0 Å². The smallest absolute Gasteiger partial charge is 0.254 e. The first-order chi connectivity index (χ1) is 10.6. The van der Waals surface area contributed by atoms with Crippen LogP contribution >= 0.6 is 0 Å². The van der Waals surface area contributed by atoms with Gasteiger partial charge in [-0.3, -0.25) is 19.7 Å². The number of amides is 3. The van der Waals surface area contributed by atoms with E-state index in [1.807, 2.05) is 0 Å². The van der Waals surface area contributed by atoms with E-state index < -0.39 is 23.8 Å². The van der Waals surface area contributed by atoms with E-state index in [1.165, 1.54) is 6.20 Å². The fourth-order valence-electron chi connectivity index (χ4n) is 2.16. The van der Waals surface area contributed by atoms with Crippen LogP contribution in [0.4, 0.5) is 11.6 Å². The lowest BCUT2D eigenvalue weighted by atomic mass is 10.1. The maximum Gasteiger partial charge on any atom is 0.254 e. The number of rotatable bonds is 3. The molecule has 0 bridgehead atoms. The first kappa shape index (κ1) is 13.8. The van der Waals surface area contributed by atoms with Crippen LogP contribution in [0.1, 0.15) is 16.8 Å². The maximum atomic E-state index is 12.1. The Bertz CT molecular complexity index is 726. The molecule has 3 amide bonds. The summed E-state index contributed by atoms with van der Waals surface area (Å²) in [5, 5.41) is 7.70. The molecule has 1 aliphatic heterocycles. The SMILES string of the molecule is O=C(C[C@H]1NC(=O)c2ccccc2NC1=O)Nc1ncc[nH]1. The standard InChI is InChI=1S/C14H13N5O3/c20-11(19-14-15-5-6-16-14)7-10-13(22)17-9-4-2-1-3-8(9)12(21)18-10/h1-6,10H,7H2,(H,17,22)(H,18,21)(H2,15,16,19,20)/t10-/m1/s1. The molecule has 0 saturated heterocycles. The van der Waals surface area contributed by atoms with Crippen molar-refractivity contribution >= 4 is 29.4 Å². The Morgan fingerprint density at radius 3 is 2.86 bits per heavy atom. The predicted octanol–water partition coefficient (Wildman–Crippen LogP) is 0.489. The highest BCUT2D eigenvalue weighted by Crippen LogP contribution is 2.18. The first-order valence-electron chi connectivity index (χ1n) is 6.63. The van der Waals surface area contributed by atoms with Crippen LogP contribution in [0.5, 0.6) is 0 Å². The molecular formula is C14H13N5O3. The molecule has 2 aromatic rings. The second-order valence-corrected chi connectivity index (χ2v) is 4.75. The van der Waals surface area contributed by atoms with Crippen molar-refractivity contribution in [1.82, 2.24) is 15.3 Å². The number of hydrogen-bond acceptors (Lipinski definition) is 4. The van der Waals surface area contributed by atoms with Gasteiger partial charge in [0.1, 0.15) is 6.04 Å². The third-order valence-corrected chi connectivity index (χ3v) is 3.20. The summed E-state index contributed by atoms with van der Waals surface area (Å²) in [6.45, 7) is 0. The molecule has 1 aromatic heterocycles. The van der Waals surface area contributed by atoms with Crippen LogP contribution < -0.4 is 16.0 Å². The van der Waals surface area contributed by atoms with Crippen molar-refractivity contribution in [2.24, 2.45) is 0 Å². The van der Waals surface area contributed by atoms with E-state index in [4.69, 9.17) is 0 Å². The van der Waals surface area contributed by atoms with Crippen LogP contribution in [-0.2, 0) is 9.59 Å². The molecule has 3 rings (SSSR count). The average molecular weight is 299 g/mol. The molecule has 8 heteroatoms. The fraction of sp³-hybridized carbons (Fsp3) is 0.143. The summed E-state index contributed by atoms with van der Waals surface area (Å²) >= 11 is 0. The number of fused-ring (bicyclic) bond motifs is 1. The van der Waals surface area contributed by atoms with Crippen molar-refractivity contribution in [3.63, 3.8) is 0 Å². The lowest BCUT2D eigenvalue weighted by Crippen LogP contribution is -2.43. The number of hydrogen-bond donors (Lipinski definition) is 4. The van der Waals surface area contributed by atoms with Gasteiger partial charge in [-0.2, -0.15) is 0 Å². The molecule has 1 atom stereocenters. The molecular weight excluding hydrogens is 286 g/mol. The van der Waals surface area contributed by atoms with Crippen LogP contribution in [0.25, 0.3) is 0 Å². The summed E-state index contributed by atoms with van der Waals surface area (Å²) in [6, 6.07) is 5.72. The van der Waals surface area contributed by atoms with Crippen LogP contribution in [0.2, 0.25) is 0 Å². The van der Waals surface area contributed by atoms with Gasteiger partial charge in [0.15, 0.2) is 0 Å². The molecule has 0 spiro atoms. The number of carbonyl (C=O) groups excluding carboxylic acids is 3. The van der Waals surface area contributed by atoms with Gasteiger partial charge in [-0.05, 0) is 12.1 Å². The van der Waals surface area contributed by atoms with Crippen molar-refractivity contribution < 1.29 is 14.4 Å². The monoisotopic (exact) mass is 299 g/mol. The number of nitrogens with one attached hydrogen (secondary N) is 4. The Hall–Kier alpha value is -3.16. The lowest BCUT2D eigenvalue weighted by Gasteiger charge is -2.13. The van der Waals surface area contributed by atoms with Crippen LogP contribution in [0.3, 0.4) is 0 Å². The zero-order valence-corrected chi connectivity index (χ0v) is 11.4. The summed E-state index contributed by atoms with van der Waals surface area (Å²) in [5.41, 5.74) is 0.795. The van der Waals surface area contributed by atoms with Crippen molar-refractivity contribution in [2.75, 3.05) is 10.6 Å². The molecule has 0 saturated carbocycles. The van der Waals surface area contributed by atoms with Gasteiger partial charge in [0, 0.05) is 12.4 Å². The number of imidazole rings is 1. The predicted molar refractivity (Wildman–Crippen MR) is 78.2 cm³/mol. The van der Waals surface area contributed by atoms with E-state index in [1.54, 1.807) is 30.5 Å². The molecule has 1 aromatic carbocycles. The van der Waals surface area contributed by atoms with Crippen LogP contribution in [-0.4, -0.2) is 33.7 Å². The van der Waals surface area contributed by atoms with Gasteiger partial charge in [-0.1, -0.05) is 12.1 Å². The van der Waals surface area contributed by atoms with E-state index in [0.717, 1.165) is 0 Å². The zero-order chi connectivity index (χ0) is 15.5. The highest BCUT2D eigenvalue weighted by atomic mass is 16.2. The minimum Gasteiger partial charge on any atom is -0.340 e. The van der Waals surface area contributed by atoms with Gasteiger partial charge >= 0.3 is 0 Å². The van der Waals surface area contributed by atoms with Gasteiger partial charge in [-0.15, -0.1) is 0 Å². The molecule has 1 aliphatic rings. The molecule has 0 radical (unpaired) electrons. The molecule has 0 unspecified atom stereocenters. The minimum absolute atomic E-state index is 0.188. The number of aromatic nitrogens is 2. The minimum atomic E-state index is -0.949. The number of nitrogens with zero attached hydrogens (tertiary/aromatic N) is 1. The molecule has 112 valence electrons. The number of carbonyl (C=O) groups is 3. The molecule has 8 nitrogen and oxygen atoms in total. The topological polar surface area (TPSA) is 116 Å². The van der Waals surface area contributed by atoms with Gasteiger partial charge in [-0.25, -0.2) is 4.98 Å². The van der Waals surface area contributed by atoms with E-state index >= 15 is 0 Å². The Kier molecular flexibility index (Phi) is 3.57. The number of aromatic amines is 1. The van der Waals surface area contributed by atoms with Gasteiger partial charge in [0.05, 0.1) is 17.7 Å². The molecule has 4 N–H and O–H groups in total. The molecule has 0 fully saturated rings. The highest BCUT2D eigenvalue weighted by Gasteiger charge is 2.29. The Morgan fingerprint density at radius 1 is 1.27 bits per heavy atom. The second-order valence-electron chi connectivity index (χ2n) is 4.75. The fourth-order valence-corrected chi connectivity index (χ4v) is 2.16. The zero-order valence-electron chi connectivity index (χ0n) is 11.4. The largest absolute Gasteiger partial charge is 0.340 e. The normalized spacial score (nSPS) is 17.0. The summed E-state index contributed by atoms with van der Waals surface area (Å²) in [4.78, 5) is 42.7. The van der Waals surface area contributed by atoms with Crippen molar-refractivity contribution in [3.8, 4) is 0 Å². The van der Waals surface area contributed by atoms with Gasteiger partial charge in [0.25, 0.3) is 5.91 Å². The van der Waals surface area contributed by atoms with E-state index in [2.05, 4.69) is 25.9 Å². The summed E-state index contributed by atoms with van der Waals surface area (Å²) in [6.07, 6.45) is 2.87. The van der Waals surface area contributed by atoms with E-state index in [9.17, 15) is 14.4 Å². The third-order valence-electron chi connectivity index (χ3n) is 3.20. The quantitative estimate of drug-likeness (QED) is 0.660. The Balaban J connectivity index is 1.71. The second kappa shape index (κ2) is 5.68. The summed E-state index contributed by atoms with van der Waals surface area (Å²) < 4.78 is 0. The van der Waals surface area contributed by atoms with Crippen LogP contribution in [0.15, 0.2) is 36.7 Å². The number of para-hydroxylation sites is 1. The summed E-state index contributed by atoms with van der Waals surface area (Å²) in [7, 11) is 0. The summed E-state index contributed by atoms with van der Waals surface area (Å²) in [5.74, 6) is -0.979. The molecule has 22 heavy (non-hydrogen) atoms. The number of anilines is 2. The van der Waals surface area contributed by atoms with Gasteiger partial charge < -0.3 is 15.6 Å².